The quantitative estimate of drug-likeness (QED) is 0.861. The minimum atomic E-state index is -0.125. The monoisotopic (exact) mass is 356 g/mol. The zero-order valence-electron chi connectivity index (χ0n) is 14.9. The number of carbonyl (C=O) groups excluding carboxylic acids is 1. The van der Waals surface area contributed by atoms with E-state index in [0.717, 1.165) is 0 Å². The van der Waals surface area contributed by atoms with Crippen molar-refractivity contribution in [3.63, 3.8) is 0 Å². The molecule has 0 saturated carbocycles. The number of hydrogen-bond donors (Lipinski definition) is 1. The van der Waals surface area contributed by atoms with E-state index in [1.807, 2.05) is 43.3 Å². The lowest BCUT2D eigenvalue weighted by Crippen LogP contribution is -2.48. The van der Waals surface area contributed by atoms with Gasteiger partial charge in [-0.3, -0.25) is 4.79 Å². The minimum absolute atomic E-state index is 0.0868. The summed E-state index contributed by atoms with van der Waals surface area (Å²) in [5, 5.41) is 0. The molecule has 1 saturated heterocycles. The molecule has 3 rings (SSSR count). The summed E-state index contributed by atoms with van der Waals surface area (Å²) >= 11 is 0. The van der Waals surface area contributed by atoms with Crippen molar-refractivity contribution in [1.29, 1.82) is 0 Å². The molecule has 1 heterocycles. The molecule has 6 nitrogen and oxygen atoms in total. The van der Waals surface area contributed by atoms with E-state index in [-0.39, 0.29) is 12.0 Å². The SMILES string of the molecule is CCOc1ccccc1Oc1ccccc1C(=O)N1CCOC(CN)C1. The number of nitrogens with zero attached hydrogens (tertiary/aromatic N) is 1. The molecule has 2 aromatic rings. The van der Waals surface area contributed by atoms with E-state index in [9.17, 15) is 4.79 Å². The van der Waals surface area contributed by atoms with E-state index in [4.69, 9.17) is 19.9 Å². The standard InChI is InChI=1S/C20H24N2O4/c1-2-24-18-9-5-6-10-19(18)26-17-8-4-3-7-16(17)20(23)22-11-12-25-15(13-21)14-22/h3-10,15H,2,11-14,21H2,1H3. The Morgan fingerprint density at radius 3 is 2.58 bits per heavy atom. The fraction of sp³-hybridized carbons (Fsp3) is 0.350. The van der Waals surface area contributed by atoms with Crippen LogP contribution in [0.3, 0.4) is 0 Å². The van der Waals surface area contributed by atoms with Crippen molar-refractivity contribution >= 4 is 5.91 Å². The summed E-state index contributed by atoms with van der Waals surface area (Å²) in [7, 11) is 0. The van der Waals surface area contributed by atoms with Gasteiger partial charge >= 0.3 is 0 Å². The van der Waals surface area contributed by atoms with Gasteiger partial charge in [-0.05, 0) is 31.2 Å². The predicted molar refractivity (Wildman–Crippen MR) is 98.8 cm³/mol. The lowest BCUT2D eigenvalue weighted by atomic mass is 10.1. The lowest BCUT2D eigenvalue weighted by molar-refractivity contribution is -0.0168. The number of ether oxygens (including phenoxy) is 3. The molecule has 1 aliphatic rings. The zero-order chi connectivity index (χ0) is 18.4. The smallest absolute Gasteiger partial charge is 0.257 e. The van der Waals surface area contributed by atoms with Crippen LogP contribution in [0.5, 0.6) is 17.2 Å². The summed E-state index contributed by atoms with van der Waals surface area (Å²) < 4.78 is 17.2. The molecule has 2 N–H and O–H groups in total. The van der Waals surface area contributed by atoms with Crippen molar-refractivity contribution in [2.75, 3.05) is 32.8 Å². The Bertz CT molecular complexity index is 750. The first-order valence-corrected chi connectivity index (χ1v) is 8.82. The molecule has 1 unspecified atom stereocenters. The van der Waals surface area contributed by atoms with Gasteiger partial charge in [0.25, 0.3) is 5.91 Å². The molecule has 6 heteroatoms. The highest BCUT2D eigenvalue weighted by molar-refractivity contribution is 5.97. The van der Waals surface area contributed by atoms with Crippen LogP contribution in [0.4, 0.5) is 0 Å². The van der Waals surface area contributed by atoms with Crippen LogP contribution in [0.25, 0.3) is 0 Å². The van der Waals surface area contributed by atoms with E-state index < -0.39 is 0 Å². The average Bonchev–Trinajstić information content (AvgIpc) is 2.69. The van der Waals surface area contributed by atoms with Crippen molar-refractivity contribution in [2.24, 2.45) is 5.73 Å². The first-order valence-electron chi connectivity index (χ1n) is 8.82. The van der Waals surface area contributed by atoms with Gasteiger partial charge in [-0.15, -0.1) is 0 Å². The third kappa shape index (κ3) is 4.15. The Morgan fingerprint density at radius 2 is 1.85 bits per heavy atom. The second kappa shape index (κ2) is 8.69. The number of benzene rings is 2. The fourth-order valence-electron chi connectivity index (χ4n) is 2.88. The van der Waals surface area contributed by atoms with Gasteiger partial charge in [-0.25, -0.2) is 0 Å². The van der Waals surface area contributed by atoms with Gasteiger partial charge < -0.3 is 24.8 Å². The molecule has 1 amide bonds. The molecule has 26 heavy (non-hydrogen) atoms. The Balaban J connectivity index is 1.83. The van der Waals surface area contributed by atoms with Crippen molar-refractivity contribution in [2.45, 2.75) is 13.0 Å². The van der Waals surface area contributed by atoms with Crippen LogP contribution >= 0.6 is 0 Å². The summed E-state index contributed by atoms with van der Waals surface area (Å²) in [5.41, 5.74) is 6.19. The first-order chi connectivity index (χ1) is 12.7. The van der Waals surface area contributed by atoms with Crippen molar-refractivity contribution in [3.05, 3.63) is 54.1 Å². The summed E-state index contributed by atoms with van der Waals surface area (Å²) in [5.74, 6) is 1.64. The molecule has 1 aliphatic heterocycles. The number of carbonyl (C=O) groups is 1. The second-order valence-corrected chi connectivity index (χ2v) is 5.96. The Labute approximate surface area is 153 Å². The molecule has 0 spiro atoms. The van der Waals surface area contributed by atoms with E-state index in [0.29, 0.717) is 55.7 Å². The van der Waals surface area contributed by atoms with Crippen LogP contribution in [0.1, 0.15) is 17.3 Å². The van der Waals surface area contributed by atoms with Crippen molar-refractivity contribution in [1.82, 2.24) is 4.90 Å². The molecule has 1 atom stereocenters. The van der Waals surface area contributed by atoms with E-state index in [1.165, 1.54) is 0 Å². The highest BCUT2D eigenvalue weighted by Crippen LogP contribution is 2.33. The fourth-order valence-corrected chi connectivity index (χ4v) is 2.88. The van der Waals surface area contributed by atoms with Gasteiger partial charge in [0.05, 0.1) is 24.9 Å². The van der Waals surface area contributed by atoms with E-state index in [1.54, 1.807) is 17.0 Å². The number of hydrogen-bond acceptors (Lipinski definition) is 5. The number of rotatable bonds is 6. The molecule has 0 aliphatic carbocycles. The maximum Gasteiger partial charge on any atom is 0.257 e. The third-order valence-electron chi connectivity index (χ3n) is 4.18. The normalized spacial score (nSPS) is 17.0. The van der Waals surface area contributed by atoms with Gasteiger partial charge in [0.15, 0.2) is 11.5 Å². The Kier molecular flexibility index (Phi) is 6.09. The van der Waals surface area contributed by atoms with Crippen LogP contribution in [-0.2, 0) is 4.74 Å². The van der Waals surface area contributed by atoms with Crippen LogP contribution < -0.4 is 15.2 Å². The first kappa shape index (κ1) is 18.2. The van der Waals surface area contributed by atoms with Gasteiger partial charge in [0, 0.05) is 19.6 Å². The van der Waals surface area contributed by atoms with Gasteiger partial charge in [-0.1, -0.05) is 24.3 Å². The van der Waals surface area contributed by atoms with Gasteiger partial charge in [0.1, 0.15) is 5.75 Å². The minimum Gasteiger partial charge on any atom is -0.490 e. The zero-order valence-corrected chi connectivity index (χ0v) is 14.9. The van der Waals surface area contributed by atoms with E-state index >= 15 is 0 Å². The molecule has 0 aromatic heterocycles. The maximum atomic E-state index is 13.0. The molecule has 0 bridgehead atoms. The molecular weight excluding hydrogens is 332 g/mol. The van der Waals surface area contributed by atoms with E-state index in [2.05, 4.69) is 0 Å². The predicted octanol–water partition coefficient (Wildman–Crippen LogP) is 2.68. The van der Waals surface area contributed by atoms with Crippen LogP contribution in [0.15, 0.2) is 48.5 Å². The van der Waals surface area contributed by atoms with Crippen molar-refractivity contribution in [3.8, 4) is 17.2 Å². The average molecular weight is 356 g/mol. The highest BCUT2D eigenvalue weighted by Gasteiger charge is 2.26. The van der Waals surface area contributed by atoms with Crippen LogP contribution in [-0.4, -0.2) is 49.8 Å². The maximum absolute atomic E-state index is 13.0. The summed E-state index contributed by atoms with van der Waals surface area (Å²) in [4.78, 5) is 14.8. The largest absolute Gasteiger partial charge is 0.490 e. The number of amides is 1. The third-order valence-corrected chi connectivity index (χ3v) is 4.18. The summed E-state index contributed by atoms with van der Waals surface area (Å²) in [6, 6.07) is 14.7. The Morgan fingerprint density at radius 1 is 1.15 bits per heavy atom. The Hall–Kier alpha value is -2.57. The number of morpholine rings is 1. The van der Waals surface area contributed by atoms with Gasteiger partial charge in [0.2, 0.25) is 0 Å². The number of para-hydroxylation sites is 3. The lowest BCUT2D eigenvalue weighted by Gasteiger charge is -2.32. The molecular formula is C20H24N2O4. The van der Waals surface area contributed by atoms with Crippen molar-refractivity contribution < 1.29 is 19.0 Å². The van der Waals surface area contributed by atoms with Crippen LogP contribution in [0.2, 0.25) is 0 Å². The molecule has 138 valence electrons. The topological polar surface area (TPSA) is 74.0 Å². The summed E-state index contributed by atoms with van der Waals surface area (Å²) in [6.45, 7) is 4.36. The molecule has 1 fully saturated rings. The van der Waals surface area contributed by atoms with Gasteiger partial charge in [-0.2, -0.15) is 0 Å². The second-order valence-electron chi connectivity index (χ2n) is 5.96. The highest BCUT2D eigenvalue weighted by atomic mass is 16.5. The molecule has 2 aromatic carbocycles. The summed E-state index contributed by atoms with van der Waals surface area (Å²) in [6.07, 6.45) is -0.125. The molecule has 0 radical (unpaired) electrons. The van der Waals surface area contributed by atoms with Crippen LogP contribution in [0, 0.1) is 0 Å². The number of nitrogens with two attached hydrogens (primary N) is 1.